The van der Waals surface area contributed by atoms with Crippen molar-refractivity contribution in [3.63, 3.8) is 0 Å². The zero-order valence-electron chi connectivity index (χ0n) is 11.2. The van der Waals surface area contributed by atoms with Crippen molar-refractivity contribution in [2.75, 3.05) is 5.32 Å². The van der Waals surface area contributed by atoms with Crippen LogP contribution in [0, 0.1) is 0 Å². The topological polar surface area (TPSA) is 66.5 Å². The number of nitrogens with zero attached hydrogens (tertiary/aromatic N) is 3. The minimum absolute atomic E-state index is 0.585. The van der Waals surface area contributed by atoms with Crippen LogP contribution in [-0.2, 0) is 6.42 Å². The minimum atomic E-state index is 0.585. The highest BCUT2D eigenvalue weighted by atomic mass is 15.5. The predicted octanol–water partition coefficient (Wildman–Crippen LogP) is 3.17. The fraction of sp³-hybridized carbons (Fsp3) is 0.133. The smallest absolute Gasteiger partial charge is 0.206 e. The van der Waals surface area contributed by atoms with E-state index in [1.807, 2.05) is 30.3 Å². The molecule has 100 valence electrons. The Morgan fingerprint density at radius 2 is 1.75 bits per heavy atom. The van der Waals surface area contributed by atoms with Crippen molar-refractivity contribution in [3.05, 3.63) is 54.1 Å². The molecular weight excluding hydrogens is 250 g/mol. The van der Waals surface area contributed by atoms with Crippen LogP contribution in [0.2, 0.25) is 0 Å². The summed E-state index contributed by atoms with van der Waals surface area (Å²) in [5, 5.41) is 17.6. The molecule has 0 aliphatic rings. The molecular formula is C15H15N5. The molecule has 2 aromatic carbocycles. The third-order valence-corrected chi connectivity index (χ3v) is 3.18. The standard InChI is InChI=1S/C15H15N5/c1-2-11-7-3-5-9-13(11)16-14-10-6-4-8-12(14)15-17-19-20-18-15/h3-10,16H,2H2,1H3,(H,17,18,19,20). The van der Waals surface area contributed by atoms with E-state index in [9.17, 15) is 0 Å². The molecule has 0 unspecified atom stereocenters. The van der Waals surface area contributed by atoms with Gasteiger partial charge in [-0.1, -0.05) is 37.3 Å². The van der Waals surface area contributed by atoms with Crippen LogP contribution in [0.25, 0.3) is 11.4 Å². The molecule has 0 saturated heterocycles. The molecule has 0 radical (unpaired) electrons. The minimum Gasteiger partial charge on any atom is -0.355 e. The number of hydrogen-bond acceptors (Lipinski definition) is 4. The first-order chi connectivity index (χ1) is 9.88. The van der Waals surface area contributed by atoms with Crippen molar-refractivity contribution in [2.24, 2.45) is 0 Å². The second-order valence-electron chi connectivity index (χ2n) is 4.42. The average Bonchev–Trinajstić information content (AvgIpc) is 3.02. The summed E-state index contributed by atoms with van der Waals surface area (Å²) in [4.78, 5) is 0. The highest BCUT2D eigenvalue weighted by molar-refractivity contribution is 5.78. The molecule has 3 aromatic rings. The van der Waals surface area contributed by atoms with Gasteiger partial charge in [-0.3, -0.25) is 0 Å². The Morgan fingerprint density at radius 1 is 1.00 bits per heavy atom. The van der Waals surface area contributed by atoms with E-state index in [4.69, 9.17) is 0 Å². The van der Waals surface area contributed by atoms with Crippen LogP contribution in [0.5, 0.6) is 0 Å². The van der Waals surface area contributed by atoms with Crippen molar-refractivity contribution in [1.82, 2.24) is 20.6 Å². The van der Waals surface area contributed by atoms with E-state index in [-0.39, 0.29) is 0 Å². The predicted molar refractivity (Wildman–Crippen MR) is 78.7 cm³/mol. The molecule has 3 rings (SSSR count). The number of rotatable bonds is 4. The van der Waals surface area contributed by atoms with Crippen LogP contribution in [0.4, 0.5) is 11.4 Å². The van der Waals surface area contributed by atoms with E-state index in [1.54, 1.807) is 0 Å². The number of aromatic nitrogens is 4. The number of benzene rings is 2. The molecule has 2 N–H and O–H groups in total. The summed E-state index contributed by atoms with van der Waals surface area (Å²) in [5.41, 5.74) is 4.27. The Balaban J connectivity index is 1.99. The average molecular weight is 265 g/mol. The molecule has 5 heteroatoms. The Labute approximate surface area is 117 Å². The van der Waals surface area contributed by atoms with Gasteiger partial charge in [0.05, 0.1) is 0 Å². The molecule has 0 saturated carbocycles. The highest BCUT2D eigenvalue weighted by Crippen LogP contribution is 2.28. The number of anilines is 2. The molecule has 0 aliphatic carbocycles. The SMILES string of the molecule is CCc1ccccc1Nc1ccccc1-c1nn[nH]n1. The van der Waals surface area contributed by atoms with Gasteiger partial charge in [-0.15, -0.1) is 10.2 Å². The van der Waals surface area contributed by atoms with Gasteiger partial charge in [0.15, 0.2) is 0 Å². The molecule has 1 aromatic heterocycles. The van der Waals surface area contributed by atoms with E-state index in [0.717, 1.165) is 23.4 Å². The lowest BCUT2D eigenvalue weighted by Crippen LogP contribution is -1.97. The lowest BCUT2D eigenvalue weighted by molar-refractivity contribution is 0.881. The Kier molecular flexibility index (Phi) is 3.41. The number of hydrogen-bond donors (Lipinski definition) is 2. The maximum absolute atomic E-state index is 4.04. The fourth-order valence-electron chi connectivity index (χ4n) is 2.16. The molecule has 0 fully saturated rings. The summed E-state index contributed by atoms with van der Waals surface area (Å²) >= 11 is 0. The van der Waals surface area contributed by atoms with Gasteiger partial charge in [0.2, 0.25) is 5.82 Å². The van der Waals surface area contributed by atoms with Gasteiger partial charge in [-0.2, -0.15) is 5.21 Å². The van der Waals surface area contributed by atoms with Crippen molar-refractivity contribution in [3.8, 4) is 11.4 Å². The van der Waals surface area contributed by atoms with E-state index < -0.39 is 0 Å². The maximum Gasteiger partial charge on any atom is 0.206 e. The zero-order valence-corrected chi connectivity index (χ0v) is 11.2. The molecule has 0 atom stereocenters. The van der Waals surface area contributed by atoms with E-state index >= 15 is 0 Å². The van der Waals surface area contributed by atoms with E-state index in [2.05, 4.69) is 51.1 Å². The highest BCUT2D eigenvalue weighted by Gasteiger charge is 2.09. The summed E-state index contributed by atoms with van der Waals surface area (Å²) in [6.45, 7) is 2.14. The number of aryl methyl sites for hydroxylation is 1. The van der Waals surface area contributed by atoms with Gasteiger partial charge >= 0.3 is 0 Å². The first kappa shape index (κ1) is 12.3. The maximum atomic E-state index is 4.04. The van der Waals surface area contributed by atoms with Gasteiger partial charge in [-0.05, 0) is 35.4 Å². The molecule has 0 aliphatic heterocycles. The third kappa shape index (κ3) is 2.38. The summed E-state index contributed by atoms with van der Waals surface area (Å²) < 4.78 is 0. The lowest BCUT2D eigenvalue weighted by atomic mass is 10.1. The van der Waals surface area contributed by atoms with Crippen LogP contribution in [0.1, 0.15) is 12.5 Å². The summed E-state index contributed by atoms with van der Waals surface area (Å²) in [7, 11) is 0. The summed E-state index contributed by atoms with van der Waals surface area (Å²) in [6.07, 6.45) is 0.980. The van der Waals surface area contributed by atoms with Crippen molar-refractivity contribution < 1.29 is 0 Å². The first-order valence-corrected chi connectivity index (χ1v) is 6.56. The van der Waals surface area contributed by atoms with Crippen LogP contribution in [-0.4, -0.2) is 20.6 Å². The lowest BCUT2D eigenvalue weighted by Gasteiger charge is -2.13. The van der Waals surface area contributed by atoms with Crippen molar-refractivity contribution in [2.45, 2.75) is 13.3 Å². The fourth-order valence-corrected chi connectivity index (χ4v) is 2.16. The van der Waals surface area contributed by atoms with Crippen molar-refractivity contribution in [1.29, 1.82) is 0 Å². The summed E-state index contributed by atoms with van der Waals surface area (Å²) in [6, 6.07) is 16.2. The number of H-pyrrole nitrogens is 1. The molecule has 0 amide bonds. The van der Waals surface area contributed by atoms with Crippen molar-refractivity contribution >= 4 is 11.4 Å². The normalized spacial score (nSPS) is 10.4. The third-order valence-electron chi connectivity index (χ3n) is 3.18. The monoisotopic (exact) mass is 265 g/mol. The second kappa shape index (κ2) is 5.52. The second-order valence-corrected chi connectivity index (χ2v) is 4.42. The van der Waals surface area contributed by atoms with Crippen LogP contribution >= 0.6 is 0 Å². The van der Waals surface area contributed by atoms with Crippen LogP contribution < -0.4 is 5.32 Å². The molecule has 20 heavy (non-hydrogen) atoms. The van der Waals surface area contributed by atoms with Gasteiger partial charge in [0, 0.05) is 16.9 Å². The zero-order chi connectivity index (χ0) is 13.8. The van der Waals surface area contributed by atoms with Gasteiger partial charge in [0.1, 0.15) is 0 Å². The largest absolute Gasteiger partial charge is 0.355 e. The quantitative estimate of drug-likeness (QED) is 0.760. The molecule has 0 bridgehead atoms. The first-order valence-electron chi connectivity index (χ1n) is 6.56. The molecule has 1 heterocycles. The summed E-state index contributed by atoms with van der Waals surface area (Å²) in [5.74, 6) is 0.585. The van der Waals surface area contributed by atoms with Gasteiger partial charge < -0.3 is 5.32 Å². The van der Waals surface area contributed by atoms with Crippen LogP contribution in [0.15, 0.2) is 48.5 Å². The van der Waals surface area contributed by atoms with Gasteiger partial charge in [-0.25, -0.2) is 0 Å². The Bertz CT molecular complexity index is 691. The number of tetrazole rings is 1. The number of nitrogens with one attached hydrogen (secondary N) is 2. The number of aromatic amines is 1. The van der Waals surface area contributed by atoms with E-state index in [0.29, 0.717) is 5.82 Å². The van der Waals surface area contributed by atoms with Crippen LogP contribution in [0.3, 0.4) is 0 Å². The Hall–Kier alpha value is -2.69. The molecule has 5 nitrogen and oxygen atoms in total. The van der Waals surface area contributed by atoms with Gasteiger partial charge in [0.25, 0.3) is 0 Å². The molecule has 0 spiro atoms. The number of para-hydroxylation sites is 2. The Morgan fingerprint density at radius 3 is 2.50 bits per heavy atom. The van der Waals surface area contributed by atoms with E-state index in [1.165, 1.54) is 5.56 Å².